The van der Waals surface area contributed by atoms with Gasteiger partial charge in [-0.3, -0.25) is 4.79 Å². The lowest BCUT2D eigenvalue weighted by Gasteiger charge is -2.47. The predicted octanol–water partition coefficient (Wildman–Crippen LogP) is 2.12. The third kappa shape index (κ3) is 2.82. The standard InChI is InChI=1S/C14H26N2O/c1-12(17)16-10-6-7-14(2,3)13(16)11-15-8-4-5-9-15/h13H,4-11H2,1-3H3. The van der Waals surface area contributed by atoms with Crippen molar-refractivity contribution in [3.8, 4) is 0 Å². The molecule has 2 rings (SSSR count). The van der Waals surface area contributed by atoms with Gasteiger partial charge in [0.2, 0.25) is 5.91 Å². The van der Waals surface area contributed by atoms with Crippen molar-refractivity contribution in [2.24, 2.45) is 5.41 Å². The van der Waals surface area contributed by atoms with Gasteiger partial charge in [0.1, 0.15) is 0 Å². The zero-order chi connectivity index (χ0) is 12.5. The molecule has 0 radical (unpaired) electrons. The van der Waals surface area contributed by atoms with E-state index >= 15 is 0 Å². The van der Waals surface area contributed by atoms with E-state index in [-0.39, 0.29) is 11.3 Å². The lowest BCUT2D eigenvalue weighted by Crippen LogP contribution is -2.56. The number of rotatable bonds is 2. The van der Waals surface area contributed by atoms with Crippen LogP contribution in [0.4, 0.5) is 0 Å². The first-order valence-corrected chi connectivity index (χ1v) is 7.00. The van der Waals surface area contributed by atoms with Crippen LogP contribution in [0.5, 0.6) is 0 Å². The minimum atomic E-state index is 0.252. The van der Waals surface area contributed by atoms with Gasteiger partial charge in [-0.1, -0.05) is 13.8 Å². The molecule has 2 aliphatic heterocycles. The molecule has 0 spiro atoms. The molecule has 2 fully saturated rings. The zero-order valence-electron chi connectivity index (χ0n) is 11.5. The quantitative estimate of drug-likeness (QED) is 0.735. The smallest absolute Gasteiger partial charge is 0.219 e. The van der Waals surface area contributed by atoms with E-state index in [9.17, 15) is 4.79 Å². The van der Waals surface area contributed by atoms with Crippen molar-refractivity contribution in [2.75, 3.05) is 26.2 Å². The molecule has 1 amide bonds. The minimum Gasteiger partial charge on any atom is -0.338 e. The van der Waals surface area contributed by atoms with Gasteiger partial charge < -0.3 is 9.80 Å². The maximum atomic E-state index is 11.8. The SMILES string of the molecule is CC(=O)N1CCCC(C)(C)C1CN1CCCC1. The second-order valence-electron chi connectivity index (χ2n) is 6.33. The molecule has 1 atom stereocenters. The van der Waals surface area contributed by atoms with E-state index in [1.54, 1.807) is 6.92 Å². The number of hydrogen-bond donors (Lipinski definition) is 0. The molecule has 3 nitrogen and oxygen atoms in total. The van der Waals surface area contributed by atoms with Crippen LogP contribution < -0.4 is 0 Å². The lowest BCUT2D eigenvalue weighted by molar-refractivity contribution is -0.137. The van der Waals surface area contributed by atoms with Crippen molar-refractivity contribution in [3.05, 3.63) is 0 Å². The van der Waals surface area contributed by atoms with Gasteiger partial charge in [0.15, 0.2) is 0 Å². The van der Waals surface area contributed by atoms with Crippen LogP contribution in [0.1, 0.15) is 46.5 Å². The minimum absolute atomic E-state index is 0.252. The number of carbonyl (C=O) groups is 1. The zero-order valence-corrected chi connectivity index (χ0v) is 11.5. The highest BCUT2D eigenvalue weighted by molar-refractivity contribution is 5.73. The molecule has 2 aliphatic rings. The molecule has 0 aromatic carbocycles. The van der Waals surface area contributed by atoms with Crippen molar-refractivity contribution in [1.29, 1.82) is 0 Å². The first-order valence-electron chi connectivity index (χ1n) is 7.00. The van der Waals surface area contributed by atoms with E-state index in [1.165, 1.54) is 32.4 Å². The number of amides is 1. The summed E-state index contributed by atoms with van der Waals surface area (Å²) in [5.74, 6) is 0.252. The lowest BCUT2D eigenvalue weighted by atomic mass is 9.76. The fourth-order valence-corrected chi connectivity index (χ4v) is 3.38. The molecule has 0 aromatic rings. The first kappa shape index (κ1) is 12.9. The monoisotopic (exact) mass is 238 g/mol. The number of carbonyl (C=O) groups excluding carboxylic acids is 1. The Kier molecular flexibility index (Phi) is 3.76. The van der Waals surface area contributed by atoms with Crippen molar-refractivity contribution in [3.63, 3.8) is 0 Å². The Bertz CT molecular complexity index is 282. The normalized spacial score (nSPS) is 29.6. The number of likely N-dealkylation sites (tertiary alicyclic amines) is 2. The molecule has 1 unspecified atom stereocenters. The molecule has 0 N–H and O–H groups in total. The second kappa shape index (κ2) is 4.97. The third-order valence-corrected chi connectivity index (χ3v) is 4.53. The van der Waals surface area contributed by atoms with Gasteiger partial charge >= 0.3 is 0 Å². The summed E-state index contributed by atoms with van der Waals surface area (Å²) in [6.45, 7) is 10.8. The number of nitrogens with zero attached hydrogens (tertiary/aromatic N) is 2. The van der Waals surface area contributed by atoms with Crippen LogP contribution in [0.15, 0.2) is 0 Å². The molecule has 0 saturated carbocycles. The second-order valence-corrected chi connectivity index (χ2v) is 6.33. The molecule has 0 bridgehead atoms. The van der Waals surface area contributed by atoms with Gasteiger partial charge in [0.05, 0.1) is 0 Å². The fraction of sp³-hybridized carbons (Fsp3) is 0.929. The summed E-state index contributed by atoms with van der Waals surface area (Å²) in [6, 6.07) is 0.409. The molecule has 17 heavy (non-hydrogen) atoms. The summed E-state index contributed by atoms with van der Waals surface area (Å²) in [5.41, 5.74) is 0.270. The molecular formula is C14H26N2O. The van der Waals surface area contributed by atoms with E-state index in [4.69, 9.17) is 0 Å². The Labute approximate surface area is 105 Å². The molecule has 2 heterocycles. The number of piperidine rings is 1. The number of hydrogen-bond acceptors (Lipinski definition) is 2. The summed E-state index contributed by atoms with van der Waals surface area (Å²) < 4.78 is 0. The van der Waals surface area contributed by atoms with Crippen molar-refractivity contribution < 1.29 is 4.79 Å². The highest BCUT2D eigenvalue weighted by Gasteiger charge is 2.39. The van der Waals surface area contributed by atoms with Gasteiger partial charge in [-0.25, -0.2) is 0 Å². The Balaban J connectivity index is 2.07. The summed E-state index contributed by atoms with van der Waals surface area (Å²) >= 11 is 0. The maximum Gasteiger partial charge on any atom is 0.219 e. The first-order chi connectivity index (χ1) is 8.00. The van der Waals surface area contributed by atoms with Crippen molar-refractivity contribution in [1.82, 2.24) is 9.80 Å². The molecule has 2 saturated heterocycles. The largest absolute Gasteiger partial charge is 0.338 e. The maximum absolute atomic E-state index is 11.8. The van der Waals surface area contributed by atoms with Crippen molar-refractivity contribution >= 4 is 5.91 Å². The molecule has 3 heteroatoms. The average Bonchev–Trinajstić information content (AvgIpc) is 2.73. The van der Waals surface area contributed by atoms with Crippen LogP contribution in [0.25, 0.3) is 0 Å². The molecule has 0 aliphatic carbocycles. The summed E-state index contributed by atoms with van der Waals surface area (Å²) in [7, 11) is 0. The summed E-state index contributed by atoms with van der Waals surface area (Å²) in [4.78, 5) is 16.4. The molecule has 0 aromatic heterocycles. The Hall–Kier alpha value is -0.570. The van der Waals surface area contributed by atoms with Crippen LogP contribution in [0.2, 0.25) is 0 Å². The van der Waals surface area contributed by atoms with Crippen LogP contribution in [-0.2, 0) is 4.79 Å². The van der Waals surface area contributed by atoms with E-state index < -0.39 is 0 Å². The Morgan fingerprint density at radius 1 is 1.18 bits per heavy atom. The average molecular weight is 238 g/mol. The molecule has 98 valence electrons. The third-order valence-electron chi connectivity index (χ3n) is 4.53. The van der Waals surface area contributed by atoms with Crippen molar-refractivity contribution in [2.45, 2.75) is 52.5 Å². The van der Waals surface area contributed by atoms with E-state index in [0.29, 0.717) is 6.04 Å². The van der Waals surface area contributed by atoms with Gasteiger partial charge in [-0.15, -0.1) is 0 Å². The summed E-state index contributed by atoms with van der Waals surface area (Å²) in [6.07, 6.45) is 5.05. The fourth-order valence-electron chi connectivity index (χ4n) is 3.38. The highest BCUT2D eigenvalue weighted by Crippen LogP contribution is 2.36. The highest BCUT2D eigenvalue weighted by atomic mass is 16.2. The Morgan fingerprint density at radius 3 is 2.41 bits per heavy atom. The van der Waals surface area contributed by atoms with E-state index in [2.05, 4.69) is 23.6 Å². The van der Waals surface area contributed by atoms with Gasteiger partial charge in [-0.05, 0) is 44.2 Å². The van der Waals surface area contributed by atoms with Crippen LogP contribution in [-0.4, -0.2) is 47.9 Å². The van der Waals surface area contributed by atoms with Crippen LogP contribution in [0, 0.1) is 5.41 Å². The molecular weight excluding hydrogens is 212 g/mol. The van der Waals surface area contributed by atoms with Gasteiger partial charge in [-0.2, -0.15) is 0 Å². The van der Waals surface area contributed by atoms with E-state index in [0.717, 1.165) is 19.5 Å². The summed E-state index contributed by atoms with van der Waals surface area (Å²) in [5, 5.41) is 0. The van der Waals surface area contributed by atoms with E-state index in [1.807, 2.05) is 0 Å². The van der Waals surface area contributed by atoms with Gasteiger partial charge in [0, 0.05) is 26.1 Å². The topological polar surface area (TPSA) is 23.6 Å². The predicted molar refractivity (Wildman–Crippen MR) is 69.9 cm³/mol. The Morgan fingerprint density at radius 2 is 1.82 bits per heavy atom. The van der Waals surface area contributed by atoms with Crippen LogP contribution >= 0.6 is 0 Å². The van der Waals surface area contributed by atoms with Crippen LogP contribution in [0.3, 0.4) is 0 Å². The van der Waals surface area contributed by atoms with Gasteiger partial charge in [0.25, 0.3) is 0 Å².